The molecule has 2 aromatic rings. The van der Waals surface area contributed by atoms with Gasteiger partial charge in [0.05, 0.1) is 25.8 Å². The van der Waals surface area contributed by atoms with Crippen molar-refractivity contribution in [1.82, 2.24) is 9.97 Å². The number of carbonyl (C=O) groups is 1. The highest BCUT2D eigenvalue weighted by atomic mass is 35.5. The molecule has 0 spiro atoms. The van der Waals surface area contributed by atoms with Crippen molar-refractivity contribution in [2.75, 3.05) is 7.11 Å². The number of nitrogens with zero attached hydrogens (tertiary/aromatic N) is 2. The molecule has 5 nitrogen and oxygen atoms in total. The van der Waals surface area contributed by atoms with Crippen molar-refractivity contribution in [2.24, 2.45) is 0 Å². The maximum absolute atomic E-state index is 12.2. The van der Waals surface area contributed by atoms with E-state index >= 15 is 0 Å². The Bertz CT molecular complexity index is 609. The Morgan fingerprint density at radius 3 is 2.85 bits per heavy atom. The molecular weight excluding hydrogens is 280 g/mol. The Morgan fingerprint density at radius 2 is 2.20 bits per heavy atom. The largest absolute Gasteiger partial charge is 0.497 e. The van der Waals surface area contributed by atoms with Crippen molar-refractivity contribution in [3.8, 4) is 5.75 Å². The summed E-state index contributed by atoms with van der Waals surface area (Å²) in [6.07, 6.45) is 1.61. The number of carbonyl (C=O) groups excluding carboxylic acids is 1. The maximum Gasteiger partial charge on any atom is 0.222 e. The van der Waals surface area contributed by atoms with Crippen LogP contribution in [0, 0.1) is 0 Å². The van der Waals surface area contributed by atoms with E-state index in [0.29, 0.717) is 22.6 Å². The summed E-state index contributed by atoms with van der Waals surface area (Å²) in [6, 6.07) is 6.58. The zero-order valence-corrected chi connectivity index (χ0v) is 11.6. The third-order valence-corrected chi connectivity index (χ3v) is 2.91. The zero-order chi connectivity index (χ0) is 14.5. The fourth-order valence-electron chi connectivity index (χ4n) is 1.77. The number of methoxy groups -OCH3 is 1. The topological polar surface area (TPSA) is 72.3 Å². The van der Waals surface area contributed by atoms with Crippen LogP contribution in [0.25, 0.3) is 0 Å². The minimum Gasteiger partial charge on any atom is -0.497 e. The first-order chi connectivity index (χ1) is 9.62. The number of hydrogen-bond acceptors (Lipinski definition) is 5. The zero-order valence-electron chi connectivity index (χ0n) is 10.8. The summed E-state index contributed by atoms with van der Waals surface area (Å²) < 4.78 is 5.11. The molecule has 1 N–H and O–H groups in total. The Morgan fingerprint density at radius 1 is 1.40 bits per heavy atom. The van der Waals surface area contributed by atoms with Crippen molar-refractivity contribution >= 4 is 17.4 Å². The van der Waals surface area contributed by atoms with Gasteiger partial charge in [0.15, 0.2) is 5.78 Å². The van der Waals surface area contributed by atoms with Gasteiger partial charge in [0.25, 0.3) is 0 Å². The van der Waals surface area contributed by atoms with Gasteiger partial charge in [0.1, 0.15) is 5.75 Å². The minimum absolute atomic E-state index is 0.108. The quantitative estimate of drug-likeness (QED) is 0.674. The number of hydrogen-bond donors (Lipinski definition) is 1. The molecule has 0 aliphatic rings. The first-order valence-corrected chi connectivity index (χ1v) is 6.29. The van der Waals surface area contributed by atoms with Crippen LogP contribution in [0.3, 0.4) is 0 Å². The minimum atomic E-state index is -0.156. The summed E-state index contributed by atoms with van der Waals surface area (Å²) >= 11 is 5.68. The smallest absolute Gasteiger partial charge is 0.222 e. The predicted molar refractivity (Wildman–Crippen MR) is 74.0 cm³/mol. The molecule has 20 heavy (non-hydrogen) atoms. The third-order valence-electron chi connectivity index (χ3n) is 2.73. The van der Waals surface area contributed by atoms with Gasteiger partial charge in [0.2, 0.25) is 5.28 Å². The van der Waals surface area contributed by atoms with E-state index in [1.54, 1.807) is 24.3 Å². The molecule has 0 radical (unpaired) electrons. The van der Waals surface area contributed by atoms with Crippen LogP contribution in [0.15, 0.2) is 30.5 Å². The van der Waals surface area contributed by atoms with Gasteiger partial charge in [-0.15, -0.1) is 0 Å². The van der Waals surface area contributed by atoms with Crippen LogP contribution in [0.2, 0.25) is 5.28 Å². The van der Waals surface area contributed by atoms with Crippen LogP contribution in [0.1, 0.15) is 21.6 Å². The Hall–Kier alpha value is -1.98. The van der Waals surface area contributed by atoms with Crippen molar-refractivity contribution < 1.29 is 14.6 Å². The van der Waals surface area contributed by atoms with Gasteiger partial charge in [-0.2, -0.15) is 0 Å². The summed E-state index contributed by atoms with van der Waals surface area (Å²) in [5, 5.41) is 9.29. The molecule has 1 aromatic heterocycles. The van der Waals surface area contributed by atoms with E-state index in [1.807, 2.05) is 0 Å². The number of aliphatic hydroxyl groups excluding tert-OH is 1. The molecule has 0 fully saturated rings. The molecule has 0 atom stereocenters. The number of aromatic nitrogens is 2. The fourth-order valence-corrected chi connectivity index (χ4v) is 1.93. The summed E-state index contributed by atoms with van der Waals surface area (Å²) in [6.45, 7) is -0.156. The van der Waals surface area contributed by atoms with E-state index in [1.165, 1.54) is 13.3 Å². The van der Waals surface area contributed by atoms with Crippen molar-refractivity contribution in [3.63, 3.8) is 0 Å². The lowest BCUT2D eigenvalue weighted by Crippen LogP contribution is -2.06. The van der Waals surface area contributed by atoms with Crippen molar-refractivity contribution in [2.45, 2.75) is 13.0 Å². The number of rotatable bonds is 5. The van der Waals surface area contributed by atoms with Crippen LogP contribution < -0.4 is 4.74 Å². The summed E-state index contributed by atoms with van der Waals surface area (Å²) in [5.74, 6) is 0.397. The molecule has 0 aliphatic heterocycles. The van der Waals surface area contributed by atoms with Gasteiger partial charge in [-0.25, -0.2) is 9.97 Å². The number of ether oxygens (including phenoxy) is 1. The Kier molecular flexibility index (Phi) is 4.65. The molecule has 0 unspecified atom stereocenters. The number of Topliss-reactive ketones (excluding diaryl/α,β-unsaturated/α-hetero) is 1. The number of ketones is 1. The lowest BCUT2D eigenvalue weighted by Gasteiger charge is -2.07. The third kappa shape index (κ3) is 3.53. The first kappa shape index (κ1) is 14.4. The average molecular weight is 293 g/mol. The first-order valence-electron chi connectivity index (χ1n) is 5.92. The summed E-state index contributed by atoms with van der Waals surface area (Å²) in [5.41, 5.74) is 1.62. The van der Waals surface area contributed by atoms with E-state index in [2.05, 4.69) is 9.97 Å². The maximum atomic E-state index is 12.2. The molecular formula is C14H13ClN2O3. The van der Waals surface area contributed by atoms with Crippen LogP contribution in [0.5, 0.6) is 5.75 Å². The van der Waals surface area contributed by atoms with Gasteiger partial charge in [-0.1, -0.05) is 0 Å². The second-order valence-electron chi connectivity index (χ2n) is 4.14. The number of benzene rings is 1. The molecule has 0 bridgehead atoms. The molecule has 0 saturated heterocycles. The SMILES string of the molecule is COc1cc(CO)cc(C(=O)Cc2ccnc(Cl)n2)c1. The molecule has 0 saturated carbocycles. The van der Waals surface area contributed by atoms with Crippen LogP contribution in [0.4, 0.5) is 0 Å². The average Bonchev–Trinajstić information content (AvgIpc) is 2.46. The lowest BCUT2D eigenvalue weighted by molar-refractivity contribution is 0.0991. The summed E-state index contributed by atoms with van der Waals surface area (Å²) in [7, 11) is 1.51. The van der Waals surface area contributed by atoms with E-state index in [-0.39, 0.29) is 24.1 Å². The van der Waals surface area contributed by atoms with Gasteiger partial charge in [-0.3, -0.25) is 4.79 Å². The summed E-state index contributed by atoms with van der Waals surface area (Å²) in [4.78, 5) is 20.0. The van der Waals surface area contributed by atoms with Gasteiger partial charge >= 0.3 is 0 Å². The monoisotopic (exact) mass is 292 g/mol. The Labute approximate surface area is 121 Å². The normalized spacial score (nSPS) is 10.3. The highest BCUT2D eigenvalue weighted by molar-refractivity contribution is 6.28. The van der Waals surface area contributed by atoms with Crippen LogP contribution >= 0.6 is 11.6 Å². The molecule has 0 aliphatic carbocycles. The highest BCUT2D eigenvalue weighted by Gasteiger charge is 2.11. The Balaban J connectivity index is 2.24. The van der Waals surface area contributed by atoms with Crippen molar-refractivity contribution in [1.29, 1.82) is 0 Å². The van der Waals surface area contributed by atoms with Crippen LogP contribution in [-0.4, -0.2) is 28.0 Å². The fraction of sp³-hybridized carbons (Fsp3) is 0.214. The molecule has 0 amide bonds. The molecule has 6 heteroatoms. The van der Waals surface area contributed by atoms with E-state index in [4.69, 9.17) is 16.3 Å². The van der Waals surface area contributed by atoms with Gasteiger partial charge < -0.3 is 9.84 Å². The van der Waals surface area contributed by atoms with Crippen LogP contribution in [-0.2, 0) is 13.0 Å². The predicted octanol–water partition coefficient (Wildman–Crippen LogP) is 2.06. The highest BCUT2D eigenvalue weighted by Crippen LogP contribution is 2.18. The van der Waals surface area contributed by atoms with Crippen molar-refractivity contribution in [3.05, 3.63) is 52.6 Å². The lowest BCUT2D eigenvalue weighted by atomic mass is 10.0. The van der Waals surface area contributed by atoms with E-state index < -0.39 is 0 Å². The molecule has 1 aromatic carbocycles. The van der Waals surface area contributed by atoms with Gasteiger partial charge in [0, 0.05) is 11.8 Å². The molecule has 1 heterocycles. The standard InChI is InChI=1S/C14H13ClN2O3/c1-20-12-5-9(8-18)4-10(6-12)13(19)7-11-2-3-16-14(15)17-11/h2-6,18H,7-8H2,1H3. The molecule has 2 rings (SSSR count). The number of aliphatic hydroxyl groups is 1. The van der Waals surface area contributed by atoms with E-state index in [9.17, 15) is 9.90 Å². The second kappa shape index (κ2) is 6.45. The van der Waals surface area contributed by atoms with Gasteiger partial charge in [-0.05, 0) is 41.4 Å². The molecule has 104 valence electrons. The van der Waals surface area contributed by atoms with E-state index in [0.717, 1.165) is 0 Å². The second-order valence-corrected chi connectivity index (χ2v) is 4.48. The number of halogens is 1.